The third-order valence-corrected chi connectivity index (χ3v) is 2.68. The van der Waals surface area contributed by atoms with Gasteiger partial charge in [-0.15, -0.1) is 0 Å². The lowest BCUT2D eigenvalue weighted by molar-refractivity contribution is 0.316. The highest BCUT2D eigenvalue weighted by Crippen LogP contribution is 2.27. The van der Waals surface area contributed by atoms with Crippen molar-refractivity contribution in [2.75, 3.05) is 11.9 Å². The second-order valence-corrected chi connectivity index (χ2v) is 3.97. The number of pyridine rings is 1. The minimum absolute atomic E-state index is 0.601. The molecule has 1 fully saturated rings. The van der Waals surface area contributed by atoms with E-state index in [2.05, 4.69) is 17.2 Å². The maximum absolute atomic E-state index is 5.63. The molecule has 1 aromatic heterocycles. The maximum Gasteiger partial charge on any atom is 0.168 e. The number of nitrogens with one attached hydrogen (secondary N) is 1. The predicted octanol–water partition coefficient (Wildman–Crippen LogP) is 2.83. The molecule has 82 valence electrons. The van der Waals surface area contributed by atoms with Crippen molar-refractivity contribution in [3.8, 4) is 5.75 Å². The van der Waals surface area contributed by atoms with Crippen molar-refractivity contribution in [3.05, 3.63) is 18.3 Å². The number of nitrogens with zero attached hydrogens (tertiary/aromatic N) is 1. The van der Waals surface area contributed by atoms with Gasteiger partial charge in [0.05, 0.1) is 6.61 Å². The molecule has 0 spiro atoms. The average molecular weight is 206 g/mol. The third-order valence-electron chi connectivity index (χ3n) is 2.68. The number of anilines is 1. The molecular weight excluding hydrogens is 188 g/mol. The summed E-state index contributed by atoms with van der Waals surface area (Å²) in [6.45, 7) is 2.86. The Morgan fingerprint density at radius 2 is 2.40 bits per heavy atom. The number of ether oxygens (including phenoxy) is 1. The summed E-state index contributed by atoms with van der Waals surface area (Å²) in [5.41, 5.74) is 0. The Morgan fingerprint density at radius 3 is 3.07 bits per heavy atom. The highest BCUT2D eigenvalue weighted by Gasteiger charge is 2.18. The van der Waals surface area contributed by atoms with Gasteiger partial charge in [0, 0.05) is 12.2 Å². The van der Waals surface area contributed by atoms with Crippen LogP contribution in [-0.2, 0) is 0 Å². The number of rotatable bonds is 5. The van der Waals surface area contributed by atoms with E-state index in [1.807, 2.05) is 12.1 Å². The first kappa shape index (κ1) is 10.3. The SMILES string of the molecule is CCCOc1cccnc1NC1CCC1. The normalized spacial score (nSPS) is 15.8. The average Bonchev–Trinajstić information content (AvgIpc) is 2.22. The fraction of sp³-hybridized carbons (Fsp3) is 0.583. The molecule has 1 N–H and O–H groups in total. The molecule has 1 aliphatic rings. The van der Waals surface area contributed by atoms with Crippen LogP contribution in [0.1, 0.15) is 32.6 Å². The third kappa shape index (κ3) is 2.61. The van der Waals surface area contributed by atoms with Gasteiger partial charge in [0.2, 0.25) is 0 Å². The van der Waals surface area contributed by atoms with Crippen LogP contribution in [0.15, 0.2) is 18.3 Å². The molecule has 3 heteroatoms. The molecule has 1 saturated carbocycles. The van der Waals surface area contributed by atoms with E-state index in [1.165, 1.54) is 19.3 Å². The first-order valence-corrected chi connectivity index (χ1v) is 5.74. The molecule has 0 unspecified atom stereocenters. The van der Waals surface area contributed by atoms with E-state index in [9.17, 15) is 0 Å². The summed E-state index contributed by atoms with van der Waals surface area (Å²) in [5, 5.41) is 3.42. The van der Waals surface area contributed by atoms with Gasteiger partial charge in [-0.05, 0) is 37.8 Å². The van der Waals surface area contributed by atoms with Gasteiger partial charge in [0.1, 0.15) is 0 Å². The standard InChI is InChI=1S/C12H18N2O/c1-2-9-15-11-7-4-8-13-12(11)14-10-5-3-6-10/h4,7-8,10H,2-3,5-6,9H2,1H3,(H,13,14). The molecule has 3 nitrogen and oxygen atoms in total. The van der Waals surface area contributed by atoms with Gasteiger partial charge in [0.15, 0.2) is 11.6 Å². The van der Waals surface area contributed by atoms with Crippen LogP contribution in [0.25, 0.3) is 0 Å². The Balaban J connectivity index is 1.99. The molecule has 0 radical (unpaired) electrons. The summed E-state index contributed by atoms with van der Waals surface area (Å²) in [6, 6.07) is 4.49. The van der Waals surface area contributed by atoms with E-state index in [-0.39, 0.29) is 0 Å². The van der Waals surface area contributed by atoms with Crippen molar-refractivity contribution in [1.82, 2.24) is 4.98 Å². The maximum atomic E-state index is 5.63. The van der Waals surface area contributed by atoms with Gasteiger partial charge in [-0.3, -0.25) is 0 Å². The van der Waals surface area contributed by atoms with E-state index in [1.54, 1.807) is 6.20 Å². The highest BCUT2D eigenvalue weighted by molar-refractivity contribution is 5.50. The van der Waals surface area contributed by atoms with Crippen molar-refractivity contribution in [2.45, 2.75) is 38.6 Å². The van der Waals surface area contributed by atoms with E-state index in [4.69, 9.17) is 4.74 Å². The number of aromatic nitrogens is 1. The Morgan fingerprint density at radius 1 is 1.53 bits per heavy atom. The molecule has 15 heavy (non-hydrogen) atoms. The van der Waals surface area contributed by atoms with E-state index < -0.39 is 0 Å². The molecule has 0 aromatic carbocycles. The first-order valence-electron chi connectivity index (χ1n) is 5.74. The molecule has 0 aliphatic heterocycles. The molecule has 1 aliphatic carbocycles. The summed E-state index contributed by atoms with van der Waals surface area (Å²) in [4.78, 5) is 4.32. The van der Waals surface area contributed by atoms with Crippen molar-refractivity contribution in [1.29, 1.82) is 0 Å². The van der Waals surface area contributed by atoms with Gasteiger partial charge in [-0.1, -0.05) is 6.92 Å². The fourth-order valence-corrected chi connectivity index (χ4v) is 1.57. The van der Waals surface area contributed by atoms with Crippen molar-refractivity contribution >= 4 is 5.82 Å². The Kier molecular flexibility index (Phi) is 3.43. The van der Waals surface area contributed by atoms with Crippen LogP contribution in [0.4, 0.5) is 5.82 Å². The minimum atomic E-state index is 0.601. The fourth-order valence-electron chi connectivity index (χ4n) is 1.57. The van der Waals surface area contributed by atoms with Crippen LogP contribution < -0.4 is 10.1 Å². The van der Waals surface area contributed by atoms with Gasteiger partial charge < -0.3 is 10.1 Å². The molecule has 0 atom stereocenters. The summed E-state index contributed by atoms with van der Waals surface area (Å²) in [5.74, 6) is 1.78. The summed E-state index contributed by atoms with van der Waals surface area (Å²) < 4.78 is 5.63. The first-order chi connectivity index (χ1) is 7.40. The zero-order chi connectivity index (χ0) is 10.5. The lowest BCUT2D eigenvalue weighted by atomic mass is 9.93. The van der Waals surface area contributed by atoms with Gasteiger partial charge in [-0.2, -0.15) is 0 Å². The zero-order valence-corrected chi connectivity index (χ0v) is 9.20. The second kappa shape index (κ2) is 5.01. The smallest absolute Gasteiger partial charge is 0.168 e. The number of hydrogen-bond acceptors (Lipinski definition) is 3. The van der Waals surface area contributed by atoms with Crippen molar-refractivity contribution in [3.63, 3.8) is 0 Å². The van der Waals surface area contributed by atoms with E-state index >= 15 is 0 Å². The van der Waals surface area contributed by atoms with Crippen LogP contribution in [-0.4, -0.2) is 17.6 Å². The van der Waals surface area contributed by atoms with Crippen LogP contribution in [0.5, 0.6) is 5.75 Å². The monoisotopic (exact) mass is 206 g/mol. The topological polar surface area (TPSA) is 34.1 Å². The van der Waals surface area contributed by atoms with Crippen LogP contribution >= 0.6 is 0 Å². The van der Waals surface area contributed by atoms with E-state index in [0.29, 0.717) is 6.04 Å². The Bertz CT molecular complexity index is 310. The van der Waals surface area contributed by atoms with Crippen molar-refractivity contribution < 1.29 is 4.74 Å². The second-order valence-electron chi connectivity index (χ2n) is 3.97. The minimum Gasteiger partial charge on any atom is -0.490 e. The summed E-state index contributed by atoms with van der Waals surface area (Å²) >= 11 is 0. The summed E-state index contributed by atoms with van der Waals surface area (Å²) in [7, 11) is 0. The van der Waals surface area contributed by atoms with Crippen molar-refractivity contribution in [2.24, 2.45) is 0 Å². The predicted molar refractivity (Wildman–Crippen MR) is 61.3 cm³/mol. The molecule has 2 rings (SSSR count). The largest absolute Gasteiger partial charge is 0.490 e. The summed E-state index contributed by atoms with van der Waals surface area (Å²) in [6.07, 6.45) is 6.67. The molecule has 1 aromatic rings. The Labute approximate surface area is 90.9 Å². The van der Waals surface area contributed by atoms with Crippen LogP contribution in [0.3, 0.4) is 0 Å². The van der Waals surface area contributed by atoms with Gasteiger partial charge in [0.25, 0.3) is 0 Å². The molecule has 0 amide bonds. The van der Waals surface area contributed by atoms with Crippen LogP contribution in [0, 0.1) is 0 Å². The van der Waals surface area contributed by atoms with E-state index in [0.717, 1.165) is 24.6 Å². The lowest BCUT2D eigenvalue weighted by Crippen LogP contribution is -2.27. The molecule has 1 heterocycles. The Hall–Kier alpha value is -1.25. The highest BCUT2D eigenvalue weighted by atomic mass is 16.5. The molecule has 0 bridgehead atoms. The number of hydrogen-bond donors (Lipinski definition) is 1. The molecular formula is C12H18N2O. The lowest BCUT2D eigenvalue weighted by Gasteiger charge is -2.27. The quantitative estimate of drug-likeness (QED) is 0.804. The van der Waals surface area contributed by atoms with Gasteiger partial charge >= 0.3 is 0 Å². The zero-order valence-electron chi connectivity index (χ0n) is 9.20. The van der Waals surface area contributed by atoms with Crippen LogP contribution in [0.2, 0.25) is 0 Å². The van der Waals surface area contributed by atoms with Gasteiger partial charge in [-0.25, -0.2) is 4.98 Å². The molecule has 0 saturated heterocycles.